The van der Waals surface area contributed by atoms with E-state index in [-0.39, 0.29) is 28.8 Å². The first-order valence-corrected chi connectivity index (χ1v) is 16.2. The summed E-state index contributed by atoms with van der Waals surface area (Å²) in [6.45, 7) is 4.86. The molecule has 1 amide bonds. The number of nitrogens with one attached hydrogen (secondary N) is 1. The van der Waals surface area contributed by atoms with Gasteiger partial charge in [-0.2, -0.15) is 0 Å². The Morgan fingerprint density at radius 3 is 2.76 bits per heavy atom. The van der Waals surface area contributed by atoms with Crippen LogP contribution in [0.15, 0.2) is 53.4 Å². The molecule has 2 aliphatic heterocycles. The normalized spacial score (nSPS) is 30.7. The van der Waals surface area contributed by atoms with Crippen molar-refractivity contribution in [1.82, 2.24) is 4.72 Å². The van der Waals surface area contributed by atoms with E-state index in [9.17, 15) is 18.3 Å². The number of anilines is 1. The summed E-state index contributed by atoms with van der Waals surface area (Å²) in [5.74, 6) is 0.131. The first kappa shape index (κ1) is 28.5. The quantitative estimate of drug-likeness (QED) is 0.433. The molecule has 4 aliphatic rings. The number of halogens is 1. The first-order chi connectivity index (χ1) is 19.5. The van der Waals surface area contributed by atoms with Crippen LogP contribution in [0.3, 0.4) is 0 Å². The number of amides is 1. The number of ether oxygens (including phenoxy) is 2. The number of aliphatic hydroxyl groups excluding tert-OH is 1. The van der Waals surface area contributed by atoms with E-state index in [0.717, 1.165) is 32.1 Å². The van der Waals surface area contributed by atoms with Crippen LogP contribution in [-0.2, 0) is 31.4 Å². The Bertz CT molecular complexity index is 1490. The number of fused-ring (bicyclic) bond motifs is 4. The number of carbonyl (C=O) groups excluding carboxylic acids is 1. The van der Waals surface area contributed by atoms with Crippen LogP contribution in [0, 0.1) is 11.8 Å². The second kappa shape index (κ2) is 10.6. The van der Waals surface area contributed by atoms with Crippen molar-refractivity contribution in [3.05, 3.63) is 64.7 Å². The molecule has 0 radical (unpaired) electrons. The summed E-state index contributed by atoms with van der Waals surface area (Å²) < 4.78 is 41.2. The topological polar surface area (TPSA) is 105 Å². The summed E-state index contributed by atoms with van der Waals surface area (Å²) in [6.07, 6.45) is 7.56. The van der Waals surface area contributed by atoms with Crippen LogP contribution in [0.2, 0.25) is 5.02 Å². The number of hydrogen-bond donors (Lipinski definition) is 2. The number of hydrogen-bond acceptors (Lipinski definition) is 7. The van der Waals surface area contributed by atoms with Gasteiger partial charge in [0.25, 0.3) is 15.9 Å². The van der Waals surface area contributed by atoms with Gasteiger partial charge in [-0.3, -0.25) is 4.79 Å². The summed E-state index contributed by atoms with van der Waals surface area (Å²) in [4.78, 5) is 15.2. The molecule has 0 saturated heterocycles. The summed E-state index contributed by atoms with van der Waals surface area (Å²) >= 11 is 6.37. The fraction of sp³-hybridized carbons (Fsp3) is 0.516. The molecule has 220 valence electrons. The van der Waals surface area contributed by atoms with Crippen LogP contribution in [-0.4, -0.2) is 57.4 Å². The van der Waals surface area contributed by atoms with Gasteiger partial charge in [-0.15, -0.1) is 0 Å². The molecule has 10 heteroatoms. The standard InChI is InChI=1S/C31H37ClN2O6S/c1-30(2)29(36)33-41(37,38)23-9-12-28-26(16-23)34(17-21-7-10-24(21)27(35)6-4-14-40-30)18-31(19-39-28)13-3-5-20-15-22(32)8-11-25(20)31/h4,6,8-9,11-12,15-16,21,24,27,35H,3,5,7,10,13-14,17-19H2,1-2H3,(H,33,36)/t21-,24+,27-,31-/m0/s1. The lowest BCUT2D eigenvalue weighted by Crippen LogP contribution is -2.49. The molecular formula is C31H37ClN2O6S. The maximum absolute atomic E-state index is 13.4. The number of nitrogens with zero attached hydrogens (tertiary/aromatic N) is 1. The Morgan fingerprint density at radius 2 is 1.98 bits per heavy atom. The Labute approximate surface area is 246 Å². The Kier molecular flexibility index (Phi) is 7.37. The van der Waals surface area contributed by atoms with E-state index in [4.69, 9.17) is 21.1 Å². The monoisotopic (exact) mass is 600 g/mol. The molecule has 2 aromatic rings. The number of aryl methyl sites for hydroxylation is 1. The van der Waals surface area contributed by atoms with E-state index in [1.165, 1.54) is 31.0 Å². The van der Waals surface area contributed by atoms with Crippen molar-refractivity contribution in [2.45, 2.75) is 68.0 Å². The number of benzene rings is 2. The minimum atomic E-state index is -4.18. The van der Waals surface area contributed by atoms with Gasteiger partial charge in [0.2, 0.25) is 0 Å². The fourth-order valence-electron chi connectivity index (χ4n) is 6.78. The van der Waals surface area contributed by atoms with Crippen LogP contribution in [0.4, 0.5) is 5.69 Å². The van der Waals surface area contributed by atoms with Gasteiger partial charge in [-0.05, 0) is 99.2 Å². The highest BCUT2D eigenvalue weighted by Crippen LogP contribution is 2.47. The van der Waals surface area contributed by atoms with E-state index in [0.29, 0.717) is 36.2 Å². The first-order valence-electron chi connectivity index (χ1n) is 14.3. The average molecular weight is 601 g/mol. The van der Waals surface area contributed by atoms with Gasteiger partial charge in [0.05, 0.1) is 29.9 Å². The van der Waals surface area contributed by atoms with Crippen LogP contribution >= 0.6 is 11.6 Å². The largest absolute Gasteiger partial charge is 0.490 e. The molecule has 6 rings (SSSR count). The molecule has 8 nitrogen and oxygen atoms in total. The van der Waals surface area contributed by atoms with Crippen LogP contribution in [0.5, 0.6) is 5.75 Å². The van der Waals surface area contributed by atoms with Gasteiger partial charge < -0.3 is 19.5 Å². The predicted octanol–water partition coefficient (Wildman–Crippen LogP) is 4.37. The van der Waals surface area contributed by atoms with Gasteiger partial charge >= 0.3 is 0 Å². The predicted molar refractivity (Wildman–Crippen MR) is 157 cm³/mol. The Balaban J connectivity index is 1.44. The molecule has 41 heavy (non-hydrogen) atoms. The SMILES string of the molecule is CC1(C)OCC=C[C@H](O)[C@@H]2CC[C@H]2CN2C[C@@]3(CCCc4cc(Cl)ccc43)COc3ccc(cc32)S(=O)(=O)NC1=O. The fourth-order valence-corrected chi connectivity index (χ4v) is 8.10. The van der Waals surface area contributed by atoms with Gasteiger partial charge in [-0.1, -0.05) is 29.8 Å². The maximum atomic E-state index is 13.4. The van der Waals surface area contributed by atoms with Gasteiger partial charge in [0.15, 0.2) is 0 Å². The second-order valence-corrected chi connectivity index (χ2v) is 14.5. The van der Waals surface area contributed by atoms with Crippen LogP contribution in [0.1, 0.15) is 50.7 Å². The third kappa shape index (κ3) is 5.38. The third-order valence-electron chi connectivity index (χ3n) is 9.34. The molecule has 0 unspecified atom stereocenters. The molecule has 1 fully saturated rings. The van der Waals surface area contributed by atoms with Crippen molar-refractivity contribution in [3.8, 4) is 5.75 Å². The van der Waals surface area contributed by atoms with Crippen LogP contribution in [0.25, 0.3) is 0 Å². The van der Waals surface area contributed by atoms with Gasteiger partial charge in [0, 0.05) is 23.5 Å². The lowest BCUT2D eigenvalue weighted by molar-refractivity contribution is -0.139. The number of rotatable bonds is 0. The molecule has 2 aromatic carbocycles. The van der Waals surface area contributed by atoms with E-state index in [1.54, 1.807) is 24.3 Å². The summed E-state index contributed by atoms with van der Waals surface area (Å²) in [5.41, 5.74) is 1.43. The van der Waals surface area contributed by atoms with E-state index in [2.05, 4.69) is 15.7 Å². The van der Waals surface area contributed by atoms with E-state index >= 15 is 0 Å². The molecule has 2 aliphatic carbocycles. The Hall–Kier alpha value is -2.59. The summed E-state index contributed by atoms with van der Waals surface area (Å²) in [7, 11) is -4.18. The highest BCUT2D eigenvalue weighted by molar-refractivity contribution is 7.90. The summed E-state index contributed by atoms with van der Waals surface area (Å²) in [6, 6.07) is 10.9. The second-order valence-electron chi connectivity index (χ2n) is 12.4. The Morgan fingerprint density at radius 1 is 1.15 bits per heavy atom. The lowest BCUT2D eigenvalue weighted by Gasteiger charge is -2.45. The minimum absolute atomic E-state index is 0.0158. The number of aliphatic hydroxyl groups is 1. The van der Waals surface area contributed by atoms with Crippen LogP contribution < -0.4 is 14.4 Å². The molecule has 1 saturated carbocycles. The third-order valence-corrected chi connectivity index (χ3v) is 10.9. The van der Waals surface area contributed by atoms with Crippen molar-refractivity contribution < 1.29 is 27.8 Å². The maximum Gasteiger partial charge on any atom is 0.265 e. The molecule has 4 atom stereocenters. The van der Waals surface area contributed by atoms with Gasteiger partial charge in [0.1, 0.15) is 11.4 Å². The number of carbonyl (C=O) groups is 1. The number of sulfonamides is 1. The van der Waals surface area contributed by atoms with Crippen molar-refractivity contribution >= 4 is 33.2 Å². The molecule has 1 spiro atoms. The molecule has 0 aromatic heterocycles. The lowest BCUT2D eigenvalue weighted by atomic mass is 9.68. The van der Waals surface area contributed by atoms with Crippen molar-refractivity contribution in [2.75, 3.05) is 31.2 Å². The smallest absolute Gasteiger partial charge is 0.265 e. The minimum Gasteiger partial charge on any atom is -0.490 e. The van der Waals surface area contributed by atoms with Crippen molar-refractivity contribution in [2.24, 2.45) is 11.8 Å². The molecule has 2 N–H and O–H groups in total. The molecule has 2 heterocycles. The zero-order chi connectivity index (χ0) is 29.0. The van der Waals surface area contributed by atoms with Gasteiger partial charge in [-0.25, -0.2) is 13.1 Å². The highest BCUT2D eigenvalue weighted by atomic mass is 35.5. The summed E-state index contributed by atoms with van der Waals surface area (Å²) in [5, 5.41) is 11.7. The molecule has 2 bridgehead atoms. The zero-order valence-corrected chi connectivity index (χ0v) is 25.0. The van der Waals surface area contributed by atoms with Crippen molar-refractivity contribution in [1.29, 1.82) is 0 Å². The molecular weight excluding hydrogens is 564 g/mol. The van der Waals surface area contributed by atoms with E-state index in [1.807, 2.05) is 12.1 Å². The zero-order valence-electron chi connectivity index (χ0n) is 23.4. The van der Waals surface area contributed by atoms with Crippen molar-refractivity contribution in [3.63, 3.8) is 0 Å². The van der Waals surface area contributed by atoms with E-state index < -0.39 is 27.6 Å². The average Bonchev–Trinajstić information content (AvgIpc) is 3.05. The highest BCUT2D eigenvalue weighted by Gasteiger charge is 2.44.